The molecular formula is C24H26F3N3O. The third kappa shape index (κ3) is 4.45. The molecule has 0 saturated carbocycles. The van der Waals surface area contributed by atoms with Crippen LogP contribution < -0.4 is 0 Å². The van der Waals surface area contributed by atoms with Crippen LogP contribution in [0.2, 0.25) is 0 Å². The Hall–Kier alpha value is -2.83. The fourth-order valence-corrected chi connectivity index (χ4v) is 4.47. The van der Waals surface area contributed by atoms with E-state index in [-0.39, 0.29) is 24.1 Å². The Bertz CT molecular complexity index is 1040. The van der Waals surface area contributed by atoms with Crippen LogP contribution in [0.5, 0.6) is 0 Å². The molecule has 2 aliphatic rings. The number of likely N-dealkylation sites (tertiary alicyclic amines) is 1. The first-order valence-corrected chi connectivity index (χ1v) is 10.6. The van der Waals surface area contributed by atoms with Crippen LogP contribution in [0.3, 0.4) is 0 Å². The van der Waals surface area contributed by atoms with E-state index in [4.69, 9.17) is 0 Å². The third-order valence-corrected chi connectivity index (χ3v) is 6.15. The van der Waals surface area contributed by atoms with Gasteiger partial charge in [-0.05, 0) is 56.9 Å². The molecule has 1 saturated heterocycles. The third-order valence-electron chi connectivity index (χ3n) is 6.15. The summed E-state index contributed by atoms with van der Waals surface area (Å²) in [4.78, 5) is 18.9. The van der Waals surface area contributed by atoms with Gasteiger partial charge in [0, 0.05) is 30.7 Å². The normalized spacial score (nSPS) is 22.9. The average Bonchev–Trinajstić information content (AvgIpc) is 3.15. The number of nitrogens with zero attached hydrogens (tertiary/aromatic N) is 3. The second kappa shape index (κ2) is 8.73. The Kier molecular flexibility index (Phi) is 6.03. The Labute approximate surface area is 180 Å². The highest BCUT2D eigenvalue weighted by Gasteiger charge is 2.34. The van der Waals surface area contributed by atoms with Gasteiger partial charge in [-0.1, -0.05) is 12.1 Å². The molecule has 2 unspecified atom stereocenters. The molecule has 3 atom stereocenters. The van der Waals surface area contributed by atoms with Gasteiger partial charge in [-0.15, -0.1) is 0 Å². The Morgan fingerprint density at radius 2 is 2.10 bits per heavy atom. The summed E-state index contributed by atoms with van der Waals surface area (Å²) in [6, 6.07) is 4.53. The van der Waals surface area contributed by atoms with Crippen LogP contribution in [0.25, 0.3) is 5.69 Å². The van der Waals surface area contributed by atoms with E-state index in [2.05, 4.69) is 4.98 Å². The van der Waals surface area contributed by atoms with Crippen LogP contribution in [-0.4, -0.2) is 39.1 Å². The van der Waals surface area contributed by atoms with Crippen LogP contribution in [-0.2, 0) is 11.2 Å². The van der Waals surface area contributed by atoms with Crippen molar-refractivity contribution in [2.24, 2.45) is 5.92 Å². The second-order valence-electron chi connectivity index (χ2n) is 8.38. The lowest BCUT2D eigenvalue weighted by Gasteiger charge is -2.38. The molecule has 2 heterocycles. The highest BCUT2D eigenvalue weighted by atomic mass is 19.1. The van der Waals surface area contributed by atoms with Gasteiger partial charge in [0.25, 0.3) is 0 Å². The zero-order chi connectivity index (χ0) is 22.1. The van der Waals surface area contributed by atoms with Crippen LogP contribution in [0, 0.1) is 18.7 Å². The number of hydrogen-bond donors (Lipinski definition) is 0. The molecular weight excluding hydrogens is 403 g/mol. The lowest BCUT2D eigenvalue weighted by atomic mass is 9.88. The number of carbonyl (C=O) groups is 1. The lowest BCUT2D eigenvalue weighted by molar-refractivity contribution is -0.139. The molecule has 4 rings (SSSR count). The minimum Gasteiger partial charge on any atom is -0.336 e. The van der Waals surface area contributed by atoms with Crippen molar-refractivity contribution < 1.29 is 18.0 Å². The van der Waals surface area contributed by atoms with Crippen molar-refractivity contribution >= 4 is 5.91 Å². The molecule has 1 amide bonds. The van der Waals surface area contributed by atoms with Gasteiger partial charge in [-0.3, -0.25) is 4.79 Å². The highest BCUT2D eigenvalue weighted by Crippen LogP contribution is 2.31. The molecule has 7 heteroatoms. The number of imidazole rings is 1. The highest BCUT2D eigenvalue weighted by molar-refractivity contribution is 5.80. The summed E-state index contributed by atoms with van der Waals surface area (Å²) in [5.74, 6) is -1.32. The van der Waals surface area contributed by atoms with E-state index in [9.17, 15) is 18.0 Å². The van der Waals surface area contributed by atoms with Crippen molar-refractivity contribution in [3.8, 4) is 5.69 Å². The molecule has 1 fully saturated rings. The summed E-state index contributed by atoms with van der Waals surface area (Å²) in [5, 5.41) is 0. The van der Waals surface area contributed by atoms with Gasteiger partial charge in [0.05, 0.1) is 23.8 Å². The number of carbonyl (C=O) groups excluding carboxylic acids is 1. The zero-order valence-corrected chi connectivity index (χ0v) is 17.7. The summed E-state index contributed by atoms with van der Waals surface area (Å²) in [5.41, 5.74) is 2.32. The standard InChI is InChI=1S/C24H26F3N3O/c1-15-13-29(14-28-15)23-8-5-17(11-22(23)27)10-18-4-3-9-30(24(18)31)16(2)20-7-6-19(25)12-21(20)26/h5,7-8,11-14,16,18-19H,3-4,6,9-10H2,1-2H3/t16-,18?,19?/m0/s1. The SMILES string of the molecule is Cc1cn(-c2ccc(CC3CCCN([C@@H](C)C4=CCC(F)C=C4F)C3=O)cc2F)cn1. The smallest absolute Gasteiger partial charge is 0.226 e. The van der Waals surface area contributed by atoms with E-state index in [0.29, 0.717) is 30.6 Å². The van der Waals surface area contributed by atoms with Gasteiger partial charge < -0.3 is 9.47 Å². The summed E-state index contributed by atoms with van der Waals surface area (Å²) < 4.78 is 44.0. The number of allylic oxidation sites excluding steroid dienone is 2. The van der Waals surface area contributed by atoms with Crippen molar-refractivity contribution in [2.45, 2.75) is 51.7 Å². The summed E-state index contributed by atoms with van der Waals surface area (Å²) >= 11 is 0. The fourth-order valence-electron chi connectivity index (χ4n) is 4.47. The number of alkyl halides is 1. The lowest BCUT2D eigenvalue weighted by Crippen LogP contribution is -2.47. The average molecular weight is 429 g/mol. The minimum atomic E-state index is -1.31. The van der Waals surface area contributed by atoms with E-state index >= 15 is 0 Å². The van der Waals surface area contributed by atoms with Gasteiger partial charge in [0.1, 0.15) is 17.8 Å². The van der Waals surface area contributed by atoms with Crippen molar-refractivity contribution in [3.63, 3.8) is 0 Å². The van der Waals surface area contributed by atoms with Crippen LogP contribution >= 0.6 is 0 Å². The first kappa shape index (κ1) is 21.4. The Morgan fingerprint density at radius 3 is 2.77 bits per heavy atom. The maximum atomic E-state index is 14.7. The molecule has 164 valence electrons. The summed E-state index contributed by atoms with van der Waals surface area (Å²) in [7, 11) is 0. The van der Waals surface area contributed by atoms with E-state index in [1.165, 1.54) is 6.07 Å². The molecule has 1 aromatic carbocycles. The molecule has 0 radical (unpaired) electrons. The Morgan fingerprint density at radius 1 is 1.29 bits per heavy atom. The number of aromatic nitrogens is 2. The number of amides is 1. The van der Waals surface area contributed by atoms with Crippen molar-refractivity contribution in [1.29, 1.82) is 0 Å². The van der Waals surface area contributed by atoms with Crippen molar-refractivity contribution in [3.05, 3.63) is 71.3 Å². The van der Waals surface area contributed by atoms with Crippen LogP contribution in [0.1, 0.15) is 37.4 Å². The number of halogens is 3. The van der Waals surface area contributed by atoms with Crippen LogP contribution in [0.4, 0.5) is 13.2 Å². The fraction of sp³-hybridized carbons (Fsp3) is 0.417. The number of benzene rings is 1. The van der Waals surface area contributed by atoms with E-state index in [1.54, 1.807) is 41.1 Å². The van der Waals surface area contributed by atoms with Gasteiger partial charge in [0.15, 0.2) is 0 Å². The molecule has 0 spiro atoms. The van der Waals surface area contributed by atoms with Gasteiger partial charge in [-0.2, -0.15) is 0 Å². The maximum absolute atomic E-state index is 14.7. The van der Waals surface area contributed by atoms with Crippen molar-refractivity contribution in [2.75, 3.05) is 6.54 Å². The maximum Gasteiger partial charge on any atom is 0.226 e. The molecule has 0 N–H and O–H groups in total. The van der Waals surface area contributed by atoms with Crippen LogP contribution in [0.15, 0.2) is 54.3 Å². The Balaban J connectivity index is 1.47. The molecule has 0 bridgehead atoms. The molecule has 1 aliphatic heterocycles. The predicted molar refractivity (Wildman–Crippen MR) is 113 cm³/mol. The predicted octanol–water partition coefficient (Wildman–Crippen LogP) is 5.01. The van der Waals surface area contributed by atoms with E-state index in [1.807, 2.05) is 13.0 Å². The molecule has 31 heavy (non-hydrogen) atoms. The van der Waals surface area contributed by atoms with E-state index < -0.39 is 18.0 Å². The molecule has 2 aromatic rings. The van der Waals surface area contributed by atoms with E-state index in [0.717, 1.165) is 23.8 Å². The van der Waals surface area contributed by atoms with Gasteiger partial charge in [-0.25, -0.2) is 18.2 Å². The molecule has 4 nitrogen and oxygen atoms in total. The minimum absolute atomic E-state index is 0.0652. The van der Waals surface area contributed by atoms with Gasteiger partial charge in [0.2, 0.25) is 5.91 Å². The topological polar surface area (TPSA) is 38.1 Å². The van der Waals surface area contributed by atoms with Gasteiger partial charge >= 0.3 is 0 Å². The monoisotopic (exact) mass is 429 g/mol. The second-order valence-corrected chi connectivity index (χ2v) is 8.38. The first-order valence-electron chi connectivity index (χ1n) is 10.6. The first-order chi connectivity index (χ1) is 14.8. The summed E-state index contributed by atoms with van der Waals surface area (Å²) in [6.45, 7) is 4.15. The number of rotatable bonds is 5. The molecule has 1 aromatic heterocycles. The van der Waals surface area contributed by atoms with Crippen molar-refractivity contribution in [1.82, 2.24) is 14.5 Å². The number of hydrogen-bond acceptors (Lipinski definition) is 2. The molecule has 1 aliphatic carbocycles. The zero-order valence-electron chi connectivity index (χ0n) is 17.7. The number of piperidine rings is 1. The largest absolute Gasteiger partial charge is 0.336 e. The number of aryl methyl sites for hydroxylation is 1. The summed E-state index contributed by atoms with van der Waals surface area (Å²) in [6.07, 6.45) is 6.57. The quantitative estimate of drug-likeness (QED) is 0.670.